The highest BCUT2D eigenvalue weighted by Crippen LogP contribution is 2.67. The lowest BCUT2D eigenvalue weighted by atomic mass is 9.51. The lowest BCUT2D eigenvalue weighted by Gasteiger charge is -2.57. The van der Waals surface area contributed by atoms with E-state index >= 15 is 0 Å². The van der Waals surface area contributed by atoms with Crippen LogP contribution in [0.2, 0.25) is 0 Å². The molecule has 47 heavy (non-hydrogen) atoms. The van der Waals surface area contributed by atoms with Gasteiger partial charge < -0.3 is 31.9 Å². The molecule has 0 unspecified atom stereocenters. The van der Waals surface area contributed by atoms with Crippen LogP contribution in [-0.2, 0) is 11.2 Å². The van der Waals surface area contributed by atoms with Crippen molar-refractivity contribution in [3.8, 4) is 0 Å². The van der Waals surface area contributed by atoms with Crippen LogP contribution >= 0.6 is 0 Å². The highest BCUT2D eigenvalue weighted by molar-refractivity contribution is 5.97. The number of ketones is 1. The summed E-state index contributed by atoms with van der Waals surface area (Å²) in [5, 5.41) is 45.6. The number of carbonyl (C=O) groups is 1. The molecule has 3 fully saturated rings. The molecule has 258 valence electrons. The van der Waals surface area contributed by atoms with Crippen molar-refractivity contribution in [1.29, 1.82) is 0 Å². The van der Waals surface area contributed by atoms with Gasteiger partial charge in [-0.15, -0.1) is 0 Å². The smallest absolute Gasteiger partial charge is 0.162 e. The molecule has 4 rings (SSSR count). The van der Waals surface area contributed by atoms with Crippen LogP contribution in [0.4, 0.5) is 0 Å². The average Bonchev–Trinajstić information content (AvgIpc) is 3.21. The van der Waals surface area contributed by atoms with Gasteiger partial charge in [-0.1, -0.05) is 78.3 Å². The molecule has 1 aromatic carbocycles. The van der Waals surface area contributed by atoms with E-state index in [1.807, 2.05) is 49.4 Å². The van der Waals surface area contributed by atoms with Gasteiger partial charge in [0.05, 0.1) is 24.5 Å². The Morgan fingerprint density at radius 1 is 1.17 bits per heavy atom. The first-order chi connectivity index (χ1) is 22.4. The average molecular weight is 647 g/mol. The molecular formula is C40H58N2O5. The van der Waals surface area contributed by atoms with Crippen LogP contribution < -0.4 is 11.5 Å². The quantitative estimate of drug-likeness (QED) is 0.0639. The van der Waals surface area contributed by atoms with E-state index in [9.17, 15) is 25.2 Å². The summed E-state index contributed by atoms with van der Waals surface area (Å²) in [6.07, 6.45) is 13.5. The molecule has 7 heteroatoms. The summed E-state index contributed by atoms with van der Waals surface area (Å²) in [5.74, 6) is -0.502. The van der Waals surface area contributed by atoms with Crippen molar-refractivity contribution < 1.29 is 25.2 Å². The third-order valence-corrected chi connectivity index (χ3v) is 11.4. The van der Waals surface area contributed by atoms with E-state index in [0.717, 1.165) is 53.5 Å². The standard InChI is InChI=1S/C40H58N2O5/c1-26(2)10-5-11-27(3)12-6-15-32(25-44)36-31-16-8-19-39(47)20-18-33(34(17-9-21-43)40(39,24-31)37(36)46)28(4)35(45)23-29-13-7-14-30(22-29)38(41)42/h6-7,10,12-15,22,31,34,36-38,43-44,46-47H,3,5,8-9,11,16-21,23-25,41-42H2,1-2,4H3/b12-6-,32-15-,33-28+/t31-,34-,36-,37-,39-,40-/m1/s1. The van der Waals surface area contributed by atoms with Crippen molar-refractivity contribution >= 4 is 5.78 Å². The molecule has 3 aliphatic carbocycles. The summed E-state index contributed by atoms with van der Waals surface area (Å²) in [5.41, 5.74) is 16.1. The van der Waals surface area contributed by atoms with E-state index in [2.05, 4.69) is 26.5 Å². The molecule has 1 aromatic rings. The third kappa shape index (κ3) is 7.98. The van der Waals surface area contributed by atoms with E-state index < -0.39 is 23.3 Å². The Kier molecular flexibility index (Phi) is 12.8. The maximum absolute atomic E-state index is 13.8. The normalized spacial score (nSPS) is 30.3. The number of allylic oxidation sites excluding steroid dienone is 8. The van der Waals surface area contributed by atoms with E-state index in [1.54, 1.807) is 0 Å². The Bertz CT molecular complexity index is 1400. The molecule has 0 radical (unpaired) electrons. The van der Waals surface area contributed by atoms with Gasteiger partial charge in [-0.25, -0.2) is 0 Å². The molecule has 0 saturated heterocycles. The fourth-order valence-corrected chi connectivity index (χ4v) is 9.05. The van der Waals surface area contributed by atoms with Crippen LogP contribution in [0.3, 0.4) is 0 Å². The molecule has 0 aliphatic heterocycles. The summed E-state index contributed by atoms with van der Waals surface area (Å²) < 4.78 is 0. The van der Waals surface area contributed by atoms with Crippen molar-refractivity contribution in [2.75, 3.05) is 13.2 Å². The number of aliphatic hydroxyl groups is 4. The number of rotatable bonds is 14. The van der Waals surface area contributed by atoms with Crippen LogP contribution in [0.1, 0.15) is 102 Å². The van der Waals surface area contributed by atoms with Gasteiger partial charge >= 0.3 is 0 Å². The predicted octanol–water partition coefficient (Wildman–Crippen LogP) is 5.89. The van der Waals surface area contributed by atoms with Crippen LogP contribution in [0.25, 0.3) is 0 Å². The molecule has 0 heterocycles. The van der Waals surface area contributed by atoms with Gasteiger partial charge in [0.2, 0.25) is 0 Å². The maximum Gasteiger partial charge on any atom is 0.162 e. The van der Waals surface area contributed by atoms with Crippen LogP contribution in [0.5, 0.6) is 0 Å². The van der Waals surface area contributed by atoms with E-state index in [0.29, 0.717) is 44.1 Å². The van der Waals surface area contributed by atoms with Gasteiger partial charge in [0.25, 0.3) is 0 Å². The number of nitrogens with two attached hydrogens (primary N) is 2. The topological polar surface area (TPSA) is 150 Å². The third-order valence-electron chi connectivity index (χ3n) is 11.4. The Labute approximate surface area is 281 Å². The summed E-state index contributed by atoms with van der Waals surface area (Å²) in [6, 6.07) is 7.49. The lowest BCUT2D eigenvalue weighted by molar-refractivity contribution is -0.181. The first-order valence-electron chi connectivity index (χ1n) is 17.5. The Balaban J connectivity index is 1.70. The number of hydrogen-bond acceptors (Lipinski definition) is 7. The summed E-state index contributed by atoms with van der Waals surface area (Å²) >= 11 is 0. The number of hydrogen-bond donors (Lipinski definition) is 6. The van der Waals surface area contributed by atoms with Gasteiger partial charge in [-0.05, 0) is 113 Å². The second kappa shape index (κ2) is 16.2. The second-order valence-electron chi connectivity index (χ2n) is 14.6. The lowest BCUT2D eigenvalue weighted by Crippen LogP contribution is -2.61. The Morgan fingerprint density at radius 2 is 1.94 bits per heavy atom. The SMILES string of the molecule is C=C(/C=C\C=C(\CO)[C@H]1[C@@H]2CCC[C@@]3(O)CC/C(=C(/C)C(=O)Cc4cccc(C(N)N)c4)[C@@H](CCCO)[C@]3(C2)[C@@H]1O)CCC=C(C)C. The summed E-state index contributed by atoms with van der Waals surface area (Å²) in [6.45, 7) is 10.0. The van der Waals surface area contributed by atoms with E-state index in [4.69, 9.17) is 11.5 Å². The Morgan fingerprint density at radius 3 is 2.62 bits per heavy atom. The van der Waals surface area contributed by atoms with Gasteiger partial charge in [0, 0.05) is 24.4 Å². The number of carbonyl (C=O) groups excluding carboxylic acids is 1. The van der Waals surface area contributed by atoms with E-state index in [-0.39, 0.29) is 43.2 Å². The largest absolute Gasteiger partial charge is 0.396 e. The molecular weight excluding hydrogens is 588 g/mol. The maximum atomic E-state index is 13.8. The van der Waals surface area contributed by atoms with Crippen molar-refractivity contribution in [2.24, 2.45) is 34.6 Å². The molecule has 3 aliphatic rings. The van der Waals surface area contributed by atoms with Crippen molar-refractivity contribution in [2.45, 2.75) is 109 Å². The molecule has 0 amide bonds. The van der Waals surface area contributed by atoms with Crippen molar-refractivity contribution in [1.82, 2.24) is 0 Å². The molecule has 2 bridgehead atoms. The fourth-order valence-electron chi connectivity index (χ4n) is 9.05. The molecule has 1 spiro atoms. The second-order valence-corrected chi connectivity index (χ2v) is 14.6. The van der Waals surface area contributed by atoms with Crippen LogP contribution in [0, 0.1) is 23.2 Å². The highest BCUT2D eigenvalue weighted by Gasteiger charge is 2.68. The number of Topliss-reactive ketones (excluding diaryl/α,β-unsaturated/α-hetero) is 1. The van der Waals surface area contributed by atoms with Gasteiger partial charge in [-0.3, -0.25) is 4.79 Å². The highest BCUT2D eigenvalue weighted by atomic mass is 16.3. The summed E-state index contributed by atoms with van der Waals surface area (Å²) in [7, 11) is 0. The zero-order chi connectivity index (χ0) is 34.4. The van der Waals surface area contributed by atoms with E-state index in [1.165, 1.54) is 5.57 Å². The minimum atomic E-state index is -1.11. The minimum Gasteiger partial charge on any atom is -0.396 e. The monoisotopic (exact) mass is 646 g/mol. The molecule has 7 nitrogen and oxygen atoms in total. The zero-order valence-corrected chi connectivity index (χ0v) is 28.8. The first-order valence-corrected chi connectivity index (χ1v) is 17.5. The van der Waals surface area contributed by atoms with Crippen LogP contribution in [0.15, 0.2) is 83.0 Å². The molecule has 3 saturated carbocycles. The van der Waals surface area contributed by atoms with Gasteiger partial charge in [0.1, 0.15) is 0 Å². The minimum absolute atomic E-state index is 0.00122. The number of fused-ring (bicyclic) bond motifs is 1. The molecule has 6 atom stereocenters. The predicted molar refractivity (Wildman–Crippen MR) is 189 cm³/mol. The summed E-state index contributed by atoms with van der Waals surface area (Å²) in [4.78, 5) is 13.8. The number of benzene rings is 1. The first kappa shape index (κ1) is 37.2. The van der Waals surface area contributed by atoms with Gasteiger partial charge in [0.15, 0.2) is 5.78 Å². The van der Waals surface area contributed by atoms with Crippen molar-refractivity contribution in [3.05, 3.63) is 94.1 Å². The molecule has 8 N–H and O–H groups in total. The van der Waals surface area contributed by atoms with Crippen molar-refractivity contribution in [3.63, 3.8) is 0 Å². The Hall–Kier alpha value is -2.65. The zero-order valence-electron chi connectivity index (χ0n) is 28.8. The van der Waals surface area contributed by atoms with Crippen LogP contribution in [-0.4, -0.2) is 51.1 Å². The number of aliphatic hydroxyl groups excluding tert-OH is 3. The fraction of sp³-hybridized carbons (Fsp3) is 0.575. The van der Waals surface area contributed by atoms with Gasteiger partial charge in [-0.2, -0.15) is 0 Å². The molecule has 0 aromatic heterocycles.